The van der Waals surface area contributed by atoms with Crippen LogP contribution in [0.4, 0.5) is 0 Å². The van der Waals surface area contributed by atoms with Crippen molar-refractivity contribution in [2.24, 2.45) is 0 Å². The Morgan fingerprint density at radius 1 is 1.03 bits per heavy atom. The minimum Gasteiger partial charge on any atom is -0.497 e. The van der Waals surface area contributed by atoms with Crippen LogP contribution in [-0.2, 0) is 17.6 Å². The van der Waals surface area contributed by atoms with Gasteiger partial charge in [-0.3, -0.25) is 14.4 Å². The lowest BCUT2D eigenvalue weighted by atomic mass is 9.94. The van der Waals surface area contributed by atoms with Gasteiger partial charge in [-0.1, -0.05) is 12.1 Å². The highest BCUT2D eigenvalue weighted by molar-refractivity contribution is 6.03. The van der Waals surface area contributed by atoms with Crippen molar-refractivity contribution in [1.82, 2.24) is 9.80 Å². The molecule has 2 aliphatic rings. The van der Waals surface area contributed by atoms with Gasteiger partial charge in [0.1, 0.15) is 11.5 Å². The van der Waals surface area contributed by atoms with Crippen LogP contribution in [0.1, 0.15) is 57.1 Å². The Balaban J connectivity index is 1.31. The second-order valence-corrected chi connectivity index (χ2v) is 8.15. The van der Waals surface area contributed by atoms with Gasteiger partial charge in [0.15, 0.2) is 11.5 Å². The van der Waals surface area contributed by atoms with Crippen molar-refractivity contribution in [1.29, 1.82) is 0 Å². The van der Waals surface area contributed by atoms with Crippen molar-refractivity contribution in [3.8, 4) is 5.75 Å². The molecule has 0 atom stereocenters. The molecule has 2 aromatic rings. The third kappa shape index (κ3) is 4.36. The van der Waals surface area contributed by atoms with Gasteiger partial charge in [0, 0.05) is 51.0 Å². The number of aryl methyl sites for hydroxylation is 2. The molecule has 4 rings (SSSR count). The SMILES string of the molecule is COc1ccc(CCC(=O)N2CCN(C(=O)c3oc4c(c3C)C(=O)CCC4)CC2)cc1. The van der Waals surface area contributed by atoms with E-state index in [1.54, 1.807) is 18.9 Å². The molecule has 31 heavy (non-hydrogen) atoms. The molecule has 7 nitrogen and oxygen atoms in total. The van der Waals surface area contributed by atoms with Crippen LogP contribution in [0.2, 0.25) is 0 Å². The lowest BCUT2D eigenvalue weighted by Gasteiger charge is -2.34. The standard InChI is InChI=1S/C24H28N2O5/c1-16-22-19(27)4-3-5-20(22)31-23(16)24(29)26-14-12-25(13-15-26)21(28)11-8-17-6-9-18(30-2)10-7-17/h6-7,9-10H,3-5,8,11-15H2,1-2H3. The molecule has 0 unspecified atom stereocenters. The Kier molecular flexibility index (Phi) is 6.11. The Labute approximate surface area is 181 Å². The Bertz CT molecular complexity index is 984. The Hall–Kier alpha value is -3.09. The second kappa shape index (κ2) is 8.96. The van der Waals surface area contributed by atoms with E-state index in [0.717, 1.165) is 17.7 Å². The number of ketones is 1. The summed E-state index contributed by atoms with van der Waals surface area (Å²) in [5.74, 6) is 1.69. The first-order chi connectivity index (χ1) is 15.0. The van der Waals surface area contributed by atoms with Gasteiger partial charge in [0.2, 0.25) is 5.91 Å². The number of hydrogen-bond donors (Lipinski definition) is 0. The third-order valence-electron chi connectivity index (χ3n) is 6.21. The molecule has 1 aromatic heterocycles. The summed E-state index contributed by atoms with van der Waals surface area (Å²) in [5, 5.41) is 0. The molecule has 1 fully saturated rings. The number of carbonyl (C=O) groups is 3. The topological polar surface area (TPSA) is 80.1 Å². The van der Waals surface area contributed by atoms with Gasteiger partial charge < -0.3 is 19.0 Å². The molecule has 164 valence electrons. The van der Waals surface area contributed by atoms with E-state index in [-0.39, 0.29) is 23.4 Å². The normalized spacial score (nSPS) is 16.3. The van der Waals surface area contributed by atoms with Crippen LogP contribution < -0.4 is 4.74 Å². The molecule has 1 aliphatic heterocycles. The highest BCUT2D eigenvalue weighted by Gasteiger charge is 2.32. The van der Waals surface area contributed by atoms with Gasteiger partial charge in [0.25, 0.3) is 5.91 Å². The summed E-state index contributed by atoms with van der Waals surface area (Å²) in [4.78, 5) is 41.3. The number of fused-ring (bicyclic) bond motifs is 1. The zero-order valence-corrected chi connectivity index (χ0v) is 18.1. The maximum atomic E-state index is 13.0. The van der Waals surface area contributed by atoms with E-state index in [2.05, 4.69) is 0 Å². The lowest BCUT2D eigenvalue weighted by Crippen LogP contribution is -2.50. The van der Waals surface area contributed by atoms with Crippen molar-refractivity contribution in [2.45, 2.75) is 39.0 Å². The highest BCUT2D eigenvalue weighted by Crippen LogP contribution is 2.30. The van der Waals surface area contributed by atoms with Crippen LogP contribution in [0.15, 0.2) is 28.7 Å². The van der Waals surface area contributed by atoms with Crippen molar-refractivity contribution in [2.75, 3.05) is 33.3 Å². The van der Waals surface area contributed by atoms with E-state index in [1.807, 2.05) is 29.2 Å². The lowest BCUT2D eigenvalue weighted by molar-refractivity contribution is -0.132. The average Bonchev–Trinajstić information content (AvgIpc) is 3.15. The van der Waals surface area contributed by atoms with E-state index >= 15 is 0 Å². The van der Waals surface area contributed by atoms with Gasteiger partial charge in [-0.05, 0) is 37.5 Å². The number of carbonyl (C=O) groups excluding carboxylic acids is 3. The van der Waals surface area contributed by atoms with E-state index in [0.29, 0.717) is 68.7 Å². The third-order valence-corrected chi connectivity index (χ3v) is 6.21. The number of benzene rings is 1. The number of furan rings is 1. The molecule has 2 heterocycles. The van der Waals surface area contributed by atoms with E-state index < -0.39 is 0 Å². The van der Waals surface area contributed by atoms with Crippen LogP contribution in [0.3, 0.4) is 0 Å². The maximum absolute atomic E-state index is 13.0. The van der Waals surface area contributed by atoms with E-state index in [1.165, 1.54) is 0 Å². The number of Topliss-reactive ketones (excluding diaryl/α,β-unsaturated/α-hetero) is 1. The maximum Gasteiger partial charge on any atom is 0.289 e. The molecule has 1 aromatic carbocycles. The minimum absolute atomic E-state index is 0.0637. The van der Waals surface area contributed by atoms with Gasteiger partial charge in [-0.15, -0.1) is 0 Å². The molecule has 0 saturated carbocycles. The number of amides is 2. The number of methoxy groups -OCH3 is 1. The van der Waals surface area contributed by atoms with Crippen molar-refractivity contribution < 1.29 is 23.5 Å². The van der Waals surface area contributed by atoms with E-state index in [9.17, 15) is 14.4 Å². The first-order valence-corrected chi connectivity index (χ1v) is 10.8. The van der Waals surface area contributed by atoms with Gasteiger partial charge in [0.05, 0.1) is 12.7 Å². The molecule has 0 N–H and O–H groups in total. The molecule has 7 heteroatoms. The zero-order valence-electron chi connectivity index (χ0n) is 18.1. The van der Waals surface area contributed by atoms with E-state index in [4.69, 9.17) is 9.15 Å². The number of ether oxygens (including phenoxy) is 1. The van der Waals surface area contributed by atoms with Gasteiger partial charge >= 0.3 is 0 Å². The fourth-order valence-electron chi connectivity index (χ4n) is 4.36. The summed E-state index contributed by atoms with van der Waals surface area (Å²) >= 11 is 0. The predicted octanol–water partition coefficient (Wildman–Crippen LogP) is 3.03. The predicted molar refractivity (Wildman–Crippen MR) is 115 cm³/mol. The second-order valence-electron chi connectivity index (χ2n) is 8.15. The highest BCUT2D eigenvalue weighted by atomic mass is 16.5. The van der Waals surface area contributed by atoms with Crippen molar-refractivity contribution >= 4 is 17.6 Å². The Morgan fingerprint density at radius 2 is 1.71 bits per heavy atom. The summed E-state index contributed by atoms with van der Waals surface area (Å²) < 4.78 is 11.0. The molecule has 1 aliphatic carbocycles. The molecule has 0 radical (unpaired) electrons. The average molecular weight is 424 g/mol. The summed E-state index contributed by atoms with van der Waals surface area (Å²) in [5.41, 5.74) is 2.35. The van der Waals surface area contributed by atoms with Crippen LogP contribution in [0.25, 0.3) is 0 Å². The summed E-state index contributed by atoms with van der Waals surface area (Å²) in [7, 11) is 1.63. The fraction of sp³-hybridized carbons (Fsp3) is 0.458. The quantitative estimate of drug-likeness (QED) is 0.737. The number of piperazine rings is 1. The molecule has 2 amide bonds. The largest absolute Gasteiger partial charge is 0.497 e. The van der Waals surface area contributed by atoms with Crippen LogP contribution in [-0.4, -0.2) is 60.7 Å². The van der Waals surface area contributed by atoms with Crippen molar-refractivity contribution in [3.63, 3.8) is 0 Å². The van der Waals surface area contributed by atoms with Gasteiger partial charge in [-0.25, -0.2) is 0 Å². The number of nitrogens with zero attached hydrogens (tertiary/aromatic N) is 2. The van der Waals surface area contributed by atoms with Gasteiger partial charge in [-0.2, -0.15) is 0 Å². The summed E-state index contributed by atoms with van der Waals surface area (Å²) in [6, 6.07) is 7.73. The van der Waals surface area contributed by atoms with Crippen molar-refractivity contribution in [3.05, 3.63) is 52.5 Å². The monoisotopic (exact) mass is 424 g/mol. The molecular weight excluding hydrogens is 396 g/mol. The number of rotatable bonds is 5. The zero-order chi connectivity index (χ0) is 22.0. The summed E-state index contributed by atoms with van der Waals surface area (Å²) in [6.45, 7) is 3.73. The smallest absolute Gasteiger partial charge is 0.289 e. The van der Waals surface area contributed by atoms with Crippen LogP contribution >= 0.6 is 0 Å². The Morgan fingerprint density at radius 3 is 2.35 bits per heavy atom. The summed E-state index contributed by atoms with van der Waals surface area (Å²) in [6.07, 6.45) is 3.09. The van der Waals surface area contributed by atoms with Crippen LogP contribution in [0, 0.1) is 6.92 Å². The molecule has 1 saturated heterocycles. The van der Waals surface area contributed by atoms with Crippen LogP contribution in [0.5, 0.6) is 5.75 Å². The first-order valence-electron chi connectivity index (χ1n) is 10.8. The molecule has 0 spiro atoms. The molecular formula is C24H28N2O5. The number of hydrogen-bond acceptors (Lipinski definition) is 5. The fourth-order valence-corrected chi connectivity index (χ4v) is 4.36. The minimum atomic E-state index is -0.190. The first kappa shape index (κ1) is 21.2. The molecule has 0 bridgehead atoms.